The molecule has 0 saturated heterocycles. The summed E-state index contributed by atoms with van der Waals surface area (Å²) in [5.74, 6) is 1.45. The maximum absolute atomic E-state index is 5.11. The maximum atomic E-state index is 5.11. The third-order valence-electron chi connectivity index (χ3n) is 1.31. The predicted molar refractivity (Wildman–Crippen MR) is 35.3 cm³/mol. The van der Waals surface area contributed by atoms with Crippen molar-refractivity contribution >= 4 is 0 Å². The minimum atomic E-state index is 0.451. The van der Waals surface area contributed by atoms with Crippen molar-refractivity contribution in [2.24, 2.45) is 0 Å². The normalized spacial score (nSPS) is 10.7. The van der Waals surface area contributed by atoms with Gasteiger partial charge in [0.25, 0.3) is 0 Å². The van der Waals surface area contributed by atoms with Gasteiger partial charge in [0.1, 0.15) is 5.76 Å². The Labute approximate surface area is 54.9 Å². The van der Waals surface area contributed by atoms with Gasteiger partial charge in [-0.05, 0) is 6.92 Å². The van der Waals surface area contributed by atoms with E-state index in [4.69, 9.17) is 4.42 Å². The Hall–Kier alpha value is -0.790. The highest BCUT2D eigenvalue weighted by Gasteiger charge is 2.05. The van der Waals surface area contributed by atoms with Gasteiger partial charge in [-0.25, -0.2) is 4.98 Å². The molecule has 50 valence electrons. The zero-order valence-electron chi connectivity index (χ0n) is 6.01. The van der Waals surface area contributed by atoms with Gasteiger partial charge in [0.05, 0.1) is 5.69 Å². The average Bonchev–Trinajstić information content (AvgIpc) is 2.13. The van der Waals surface area contributed by atoms with Crippen molar-refractivity contribution in [3.8, 4) is 0 Å². The highest BCUT2D eigenvalue weighted by molar-refractivity contribution is 5.07. The van der Waals surface area contributed by atoms with E-state index in [1.165, 1.54) is 6.39 Å². The molecule has 1 aromatic heterocycles. The summed E-state index contributed by atoms with van der Waals surface area (Å²) in [6.45, 7) is 6.14. The van der Waals surface area contributed by atoms with Gasteiger partial charge in [0.15, 0.2) is 6.39 Å². The molecule has 2 nitrogen and oxygen atoms in total. The topological polar surface area (TPSA) is 26.0 Å². The van der Waals surface area contributed by atoms with Gasteiger partial charge >= 0.3 is 0 Å². The Bertz CT molecular complexity index is 191. The first kappa shape index (κ1) is 6.33. The van der Waals surface area contributed by atoms with E-state index in [0.29, 0.717) is 5.92 Å². The summed E-state index contributed by atoms with van der Waals surface area (Å²) in [6, 6.07) is 0. The third kappa shape index (κ3) is 1.12. The number of aryl methyl sites for hydroxylation is 1. The van der Waals surface area contributed by atoms with Gasteiger partial charge in [-0.2, -0.15) is 0 Å². The lowest BCUT2D eigenvalue weighted by Crippen LogP contribution is -1.86. The van der Waals surface area contributed by atoms with E-state index in [9.17, 15) is 0 Å². The van der Waals surface area contributed by atoms with Crippen LogP contribution in [-0.4, -0.2) is 4.98 Å². The van der Waals surface area contributed by atoms with Crippen molar-refractivity contribution in [1.29, 1.82) is 0 Å². The van der Waals surface area contributed by atoms with Gasteiger partial charge in [-0.3, -0.25) is 0 Å². The standard InChI is InChI=1S/C7H11NO/c1-5(2)7-6(3)8-4-9-7/h4-5H,1-3H3. The predicted octanol–water partition coefficient (Wildman–Crippen LogP) is 2.11. The van der Waals surface area contributed by atoms with E-state index < -0.39 is 0 Å². The van der Waals surface area contributed by atoms with E-state index in [2.05, 4.69) is 18.8 Å². The van der Waals surface area contributed by atoms with Crippen LogP contribution in [-0.2, 0) is 0 Å². The van der Waals surface area contributed by atoms with Crippen LogP contribution in [0, 0.1) is 6.92 Å². The van der Waals surface area contributed by atoms with Crippen molar-refractivity contribution in [1.82, 2.24) is 4.98 Å². The van der Waals surface area contributed by atoms with Crippen LogP contribution in [0.1, 0.15) is 31.2 Å². The number of aromatic nitrogens is 1. The Balaban J connectivity index is 2.94. The van der Waals surface area contributed by atoms with Crippen molar-refractivity contribution in [2.75, 3.05) is 0 Å². The van der Waals surface area contributed by atoms with Crippen LogP contribution in [0.15, 0.2) is 10.8 Å². The summed E-state index contributed by atoms with van der Waals surface area (Å²) in [6.07, 6.45) is 1.49. The highest BCUT2D eigenvalue weighted by atomic mass is 16.3. The Morgan fingerprint density at radius 2 is 2.22 bits per heavy atom. The Morgan fingerprint density at radius 3 is 2.44 bits per heavy atom. The molecule has 0 aromatic carbocycles. The highest BCUT2D eigenvalue weighted by Crippen LogP contribution is 2.16. The van der Waals surface area contributed by atoms with Crippen LogP contribution in [0.3, 0.4) is 0 Å². The fourth-order valence-corrected chi connectivity index (χ4v) is 0.865. The van der Waals surface area contributed by atoms with Gasteiger partial charge in [0, 0.05) is 5.92 Å². The minimum Gasteiger partial charge on any atom is -0.448 e. The molecular formula is C7H11NO. The molecule has 0 saturated carbocycles. The van der Waals surface area contributed by atoms with Crippen molar-refractivity contribution in [3.63, 3.8) is 0 Å². The molecule has 0 atom stereocenters. The summed E-state index contributed by atoms with van der Waals surface area (Å²) in [5.41, 5.74) is 1.00. The van der Waals surface area contributed by atoms with Crippen molar-refractivity contribution < 1.29 is 4.42 Å². The Kier molecular flexibility index (Phi) is 1.56. The second-order valence-electron chi connectivity index (χ2n) is 2.46. The van der Waals surface area contributed by atoms with Crippen molar-refractivity contribution in [2.45, 2.75) is 26.7 Å². The molecule has 2 heteroatoms. The lowest BCUT2D eigenvalue weighted by atomic mass is 10.1. The molecule has 1 aromatic rings. The first-order valence-electron chi connectivity index (χ1n) is 3.12. The molecule has 0 aliphatic heterocycles. The van der Waals surface area contributed by atoms with Crippen LogP contribution < -0.4 is 0 Å². The maximum Gasteiger partial charge on any atom is 0.181 e. The minimum absolute atomic E-state index is 0.451. The van der Waals surface area contributed by atoms with Crippen LogP contribution in [0.25, 0.3) is 0 Å². The molecule has 0 aliphatic rings. The van der Waals surface area contributed by atoms with Gasteiger partial charge in [-0.15, -0.1) is 0 Å². The lowest BCUT2D eigenvalue weighted by Gasteiger charge is -1.97. The number of oxazole rings is 1. The Morgan fingerprint density at radius 1 is 1.56 bits per heavy atom. The molecule has 0 N–H and O–H groups in total. The van der Waals surface area contributed by atoms with E-state index in [0.717, 1.165) is 11.5 Å². The molecular weight excluding hydrogens is 114 g/mol. The molecule has 0 aliphatic carbocycles. The molecule has 0 bridgehead atoms. The number of rotatable bonds is 1. The second-order valence-corrected chi connectivity index (χ2v) is 2.46. The number of hydrogen-bond donors (Lipinski definition) is 0. The SMILES string of the molecule is Cc1ncoc1C(C)C. The van der Waals surface area contributed by atoms with Crippen LogP contribution >= 0.6 is 0 Å². The molecule has 0 unspecified atom stereocenters. The van der Waals surface area contributed by atoms with Crippen LogP contribution in [0.5, 0.6) is 0 Å². The lowest BCUT2D eigenvalue weighted by molar-refractivity contribution is 0.480. The first-order valence-corrected chi connectivity index (χ1v) is 3.12. The molecule has 1 heterocycles. The fraction of sp³-hybridized carbons (Fsp3) is 0.571. The van der Waals surface area contributed by atoms with E-state index >= 15 is 0 Å². The number of nitrogens with zero attached hydrogens (tertiary/aromatic N) is 1. The molecule has 0 fully saturated rings. The first-order chi connectivity index (χ1) is 4.22. The summed E-state index contributed by atoms with van der Waals surface area (Å²) >= 11 is 0. The molecule has 0 amide bonds. The van der Waals surface area contributed by atoms with Gasteiger partial charge in [-0.1, -0.05) is 13.8 Å². The van der Waals surface area contributed by atoms with E-state index in [1.54, 1.807) is 0 Å². The second kappa shape index (κ2) is 2.21. The van der Waals surface area contributed by atoms with Crippen LogP contribution in [0.2, 0.25) is 0 Å². The monoisotopic (exact) mass is 125 g/mol. The largest absolute Gasteiger partial charge is 0.448 e. The summed E-state index contributed by atoms with van der Waals surface area (Å²) in [7, 11) is 0. The zero-order chi connectivity index (χ0) is 6.85. The molecule has 1 rings (SSSR count). The molecule has 0 radical (unpaired) electrons. The van der Waals surface area contributed by atoms with E-state index in [-0.39, 0.29) is 0 Å². The van der Waals surface area contributed by atoms with Gasteiger partial charge < -0.3 is 4.42 Å². The molecule has 0 spiro atoms. The van der Waals surface area contributed by atoms with Crippen molar-refractivity contribution in [3.05, 3.63) is 17.8 Å². The smallest absolute Gasteiger partial charge is 0.181 e. The summed E-state index contributed by atoms with van der Waals surface area (Å²) < 4.78 is 5.11. The molecule has 9 heavy (non-hydrogen) atoms. The zero-order valence-corrected chi connectivity index (χ0v) is 6.01. The van der Waals surface area contributed by atoms with Gasteiger partial charge in [0.2, 0.25) is 0 Å². The average molecular weight is 125 g/mol. The fourth-order valence-electron chi connectivity index (χ4n) is 0.865. The van der Waals surface area contributed by atoms with E-state index in [1.807, 2.05) is 6.92 Å². The van der Waals surface area contributed by atoms with Crippen LogP contribution in [0.4, 0.5) is 0 Å². The summed E-state index contributed by atoms with van der Waals surface area (Å²) in [4.78, 5) is 3.97. The number of hydrogen-bond acceptors (Lipinski definition) is 2. The quantitative estimate of drug-likeness (QED) is 0.574. The summed E-state index contributed by atoms with van der Waals surface area (Å²) in [5, 5.41) is 0. The third-order valence-corrected chi connectivity index (χ3v) is 1.31.